The van der Waals surface area contributed by atoms with E-state index in [-0.39, 0.29) is 24.0 Å². The molecule has 2 heterocycles. The van der Waals surface area contributed by atoms with Gasteiger partial charge in [0.05, 0.1) is 12.7 Å². The molecule has 4 nitrogen and oxygen atoms in total. The Hall–Kier alpha value is -2.54. The molecule has 0 saturated carbocycles. The first-order valence-corrected chi connectivity index (χ1v) is 10.5. The Morgan fingerprint density at radius 3 is 2.26 bits per heavy atom. The van der Waals surface area contributed by atoms with E-state index in [4.69, 9.17) is 4.74 Å². The molecule has 4 rings (SSSR count). The molecule has 0 aromatic heterocycles. The van der Waals surface area contributed by atoms with Gasteiger partial charge in [0.2, 0.25) is 0 Å². The van der Waals surface area contributed by atoms with Gasteiger partial charge >= 0.3 is 6.18 Å². The molecule has 31 heavy (non-hydrogen) atoms. The van der Waals surface area contributed by atoms with Crippen LogP contribution in [0.5, 0.6) is 5.75 Å². The first-order chi connectivity index (χ1) is 14.6. The van der Waals surface area contributed by atoms with Crippen molar-refractivity contribution in [1.29, 1.82) is 0 Å². The van der Waals surface area contributed by atoms with Gasteiger partial charge in [0.15, 0.2) is 0 Å². The maximum absolute atomic E-state index is 12.9. The highest BCUT2D eigenvalue weighted by Crippen LogP contribution is 2.39. The van der Waals surface area contributed by atoms with Gasteiger partial charge in [-0.25, -0.2) is 0 Å². The summed E-state index contributed by atoms with van der Waals surface area (Å²) in [6.45, 7) is 7.73. The predicted molar refractivity (Wildman–Crippen MR) is 112 cm³/mol. The number of alkyl halides is 3. The van der Waals surface area contributed by atoms with Crippen molar-refractivity contribution in [2.45, 2.75) is 51.5 Å². The third kappa shape index (κ3) is 3.80. The van der Waals surface area contributed by atoms with Crippen LogP contribution < -0.4 is 4.74 Å². The Labute approximate surface area is 180 Å². The molecule has 0 radical (unpaired) electrons. The van der Waals surface area contributed by atoms with Gasteiger partial charge in [0.1, 0.15) is 5.75 Å². The molecule has 2 aromatic carbocycles. The largest absolute Gasteiger partial charge is 0.496 e. The number of nitrogens with zero attached hydrogens (tertiary/aromatic N) is 2. The lowest BCUT2D eigenvalue weighted by molar-refractivity contribution is -0.137. The lowest BCUT2D eigenvalue weighted by Gasteiger charge is -2.38. The van der Waals surface area contributed by atoms with E-state index in [0.29, 0.717) is 12.1 Å². The average Bonchev–Trinajstić information content (AvgIpc) is 3.35. The second kappa shape index (κ2) is 7.86. The Balaban J connectivity index is 1.46. The predicted octanol–water partition coefficient (Wildman–Crippen LogP) is 4.99. The Bertz CT molecular complexity index is 988. The molecule has 2 aliphatic heterocycles. The van der Waals surface area contributed by atoms with Gasteiger partial charge in [-0.15, -0.1) is 0 Å². The van der Waals surface area contributed by atoms with Crippen LogP contribution >= 0.6 is 0 Å². The van der Waals surface area contributed by atoms with Crippen LogP contribution in [-0.2, 0) is 6.18 Å². The van der Waals surface area contributed by atoms with E-state index in [1.165, 1.54) is 23.3 Å². The molecular weight excluding hydrogens is 405 g/mol. The van der Waals surface area contributed by atoms with E-state index in [2.05, 4.69) is 31.7 Å². The number of ether oxygens (including phenoxy) is 1. The Morgan fingerprint density at radius 2 is 1.71 bits per heavy atom. The summed E-state index contributed by atoms with van der Waals surface area (Å²) in [5.41, 5.74) is 3.17. The minimum Gasteiger partial charge on any atom is -0.496 e. The Kier molecular flexibility index (Phi) is 5.50. The van der Waals surface area contributed by atoms with Crippen LogP contribution in [0, 0.1) is 13.8 Å². The van der Waals surface area contributed by atoms with Crippen LogP contribution in [0.3, 0.4) is 0 Å². The number of carbonyl (C=O) groups is 1. The van der Waals surface area contributed by atoms with E-state index in [9.17, 15) is 18.0 Å². The van der Waals surface area contributed by atoms with Crippen molar-refractivity contribution in [3.8, 4) is 5.75 Å². The summed E-state index contributed by atoms with van der Waals surface area (Å²) >= 11 is 0. The number of methoxy groups -OCH3 is 1. The smallest absolute Gasteiger partial charge is 0.416 e. The van der Waals surface area contributed by atoms with Crippen molar-refractivity contribution < 1.29 is 22.7 Å². The second-order valence-corrected chi connectivity index (χ2v) is 8.56. The van der Waals surface area contributed by atoms with Crippen molar-refractivity contribution in [2.24, 2.45) is 0 Å². The van der Waals surface area contributed by atoms with Crippen molar-refractivity contribution in [3.63, 3.8) is 0 Å². The maximum atomic E-state index is 12.9. The highest BCUT2D eigenvalue weighted by Gasteiger charge is 2.47. The van der Waals surface area contributed by atoms with Crippen LogP contribution in [0.25, 0.3) is 0 Å². The van der Waals surface area contributed by atoms with E-state index in [1.807, 2.05) is 11.0 Å². The molecule has 1 amide bonds. The summed E-state index contributed by atoms with van der Waals surface area (Å²) in [4.78, 5) is 17.2. The molecule has 166 valence electrons. The van der Waals surface area contributed by atoms with Gasteiger partial charge in [0, 0.05) is 36.8 Å². The SMILES string of the molecule is COc1ccc(C(C)N2C[C@@H]3C[C@H]2CN3C(=O)c2ccc(C(F)(F)F)cc2)c(C)c1C. The average molecular weight is 432 g/mol. The third-order valence-electron chi connectivity index (χ3n) is 6.95. The number of amides is 1. The zero-order valence-electron chi connectivity index (χ0n) is 18.2. The summed E-state index contributed by atoms with van der Waals surface area (Å²) in [5.74, 6) is 0.690. The van der Waals surface area contributed by atoms with E-state index >= 15 is 0 Å². The zero-order valence-corrected chi connectivity index (χ0v) is 18.2. The third-order valence-corrected chi connectivity index (χ3v) is 6.95. The van der Waals surface area contributed by atoms with Gasteiger partial charge in [0.25, 0.3) is 5.91 Å². The molecule has 1 unspecified atom stereocenters. The number of hydrogen-bond donors (Lipinski definition) is 0. The molecule has 7 heteroatoms. The molecular formula is C24H27F3N2O2. The summed E-state index contributed by atoms with van der Waals surface area (Å²) in [5, 5.41) is 0. The molecule has 2 fully saturated rings. The zero-order chi connectivity index (χ0) is 22.5. The molecule has 2 saturated heterocycles. The monoisotopic (exact) mass is 432 g/mol. The second-order valence-electron chi connectivity index (χ2n) is 8.56. The first kappa shape index (κ1) is 21.7. The molecule has 2 aromatic rings. The number of benzene rings is 2. The highest BCUT2D eigenvalue weighted by molar-refractivity contribution is 5.94. The number of likely N-dealkylation sites (tertiary alicyclic amines) is 2. The van der Waals surface area contributed by atoms with Crippen LogP contribution in [-0.4, -0.2) is 48.0 Å². The molecule has 0 spiro atoms. The lowest BCUT2D eigenvalue weighted by Crippen LogP contribution is -2.49. The number of fused-ring (bicyclic) bond motifs is 2. The van der Waals surface area contributed by atoms with Gasteiger partial charge in [-0.1, -0.05) is 6.07 Å². The molecule has 2 aliphatic rings. The van der Waals surface area contributed by atoms with Crippen LogP contribution in [0.2, 0.25) is 0 Å². The minimum atomic E-state index is -4.40. The fourth-order valence-corrected chi connectivity index (χ4v) is 5.06. The van der Waals surface area contributed by atoms with Crippen LogP contribution in [0.15, 0.2) is 36.4 Å². The molecule has 0 N–H and O–H groups in total. The van der Waals surface area contributed by atoms with Gasteiger partial charge in [-0.3, -0.25) is 9.69 Å². The minimum absolute atomic E-state index is 0.0851. The quantitative estimate of drug-likeness (QED) is 0.682. The number of piperazine rings is 1. The molecule has 3 atom stereocenters. The number of rotatable bonds is 4. The summed E-state index contributed by atoms with van der Waals surface area (Å²) in [6.07, 6.45) is -3.51. The standard InChI is InChI=1S/C24H27F3N2O2/c1-14-15(2)22(31-4)10-9-21(14)16(3)28-12-20-11-19(28)13-29(20)23(30)17-5-7-18(8-6-17)24(25,26)27/h5-10,16,19-20H,11-13H2,1-4H3/t16?,19-,20-/m0/s1. The van der Waals surface area contributed by atoms with Gasteiger partial charge in [-0.2, -0.15) is 13.2 Å². The van der Waals surface area contributed by atoms with E-state index < -0.39 is 11.7 Å². The fourth-order valence-electron chi connectivity index (χ4n) is 5.06. The fraction of sp³-hybridized carbons (Fsp3) is 0.458. The maximum Gasteiger partial charge on any atom is 0.416 e. The van der Waals surface area contributed by atoms with Crippen molar-refractivity contribution in [3.05, 3.63) is 64.2 Å². The lowest BCUT2D eigenvalue weighted by atomic mass is 9.96. The van der Waals surface area contributed by atoms with Crippen molar-refractivity contribution >= 4 is 5.91 Å². The summed E-state index contributed by atoms with van der Waals surface area (Å²) in [6, 6.07) is 9.17. The Morgan fingerprint density at radius 1 is 1.03 bits per heavy atom. The van der Waals surface area contributed by atoms with Crippen molar-refractivity contribution in [2.75, 3.05) is 20.2 Å². The molecule has 0 aliphatic carbocycles. The topological polar surface area (TPSA) is 32.8 Å². The van der Waals surface area contributed by atoms with Crippen LogP contribution in [0.4, 0.5) is 13.2 Å². The van der Waals surface area contributed by atoms with Gasteiger partial charge in [-0.05, 0) is 74.2 Å². The first-order valence-electron chi connectivity index (χ1n) is 10.5. The van der Waals surface area contributed by atoms with E-state index in [1.54, 1.807) is 7.11 Å². The van der Waals surface area contributed by atoms with Gasteiger partial charge < -0.3 is 9.64 Å². The van der Waals surface area contributed by atoms with E-state index in [0.717, 1.165) is 36.4 Å². The highest BCUT2D eigenvalue weighted by atomic mass is 19.4. The normalized spacial score (nSPS) is 22.1. The number of carbonyl (C=O) groups excluding carboxylic acids is 1. The summed E-state index contributed by atoms with van der Waals surface area (Å²) < 4.78 is 43.8. The van der Waals surface area contributed by atoms with Crippen molar-refractivity contribution in [1.82, 2.24) is 9.80 Å². The number of hydrogen-bond acceptors (Lipinski definition) is 3. The molecule has 2 bridgehead atoms. The summed E-state index contributed by atoms with van der Waals surface area (Å²) in [7, 11) is 1.67. The van der Waals surface area contributed by atoms with Crippen LogP contribution in [0.1, 0.15) is 52.0 Å². The number of halogens is 3.